The zero-order valence-corrected chi connectivity index (χ0v) is 17.0. The molecule has 1 saturated heterocycles. The highest BCUT2D eigenvalue weighted by atomic mass is 32.2. The number of aliphatic carboxylic acids is 1. The molecule has 0 saturated carbocycles. The van der Waals surface area contributed by atoms with Crippen molar-refractivity contribution in [3.05, 3.63) is 40.4 Å². The van der Waals surface area contributed by atoms with E-state index in [1.54, 1.807) is 6.92 Å². The van der Waals surface area contributed by atoms with Crippen LogP contribution in [0.2, 0.25) is 0 Å². The maximum absolute atomic E-state index is 12.7. The van der Waals surface area contributed by atoms with E-state index in [0.29, 0.717) is 34.4 Å². The summed E-state index contributed by atoms with van der Waals surface area (Å²) in [6.45, 7) is 2.73. The fourth-order valence-electron chi connectivity index (χ4n) is 2.98. The lowest BCUT2D eigenvalue weighted by molar-refractivity contribution is -0.136. The lowest BCUT2D eigenvalue weighted by atomic mass is 10.2. The molecule has 0 bridgehead atoms. The number of amides is 1. The quantitative estimate of drug-likeness (QED) is 0.737. The van der Waals surface area contributed by atoms with E-state index in [2.05, 4.69) is 10.3 Å². The van der Waals surface area contributed by atoms with Crippen LogP contribution in [0.4, 0.5) is 5.13 Å². The van der Waals surface area contributed by atoms with Crippen LogP contribution in [0.1, 0.15) is 40.2 Å². The molecule has 3 rings (SSSR count). The van der Waals surface area contributed by atoms with E-state index >= 15 is 0 Å². The molecular weight excluding hydrogens is 402 g/mol. The number of anilines is 1. The number of sulfonamides is 1. The molecule has 1 fully saturated rings. The van der Waals surface area contributed by atoms with Crippen LogP contribution < -0.4 is 5.32 Å². The maximum Gasteiger partial charge on any atom is 0.308 e. The number of piperidine rings is 1. The van der Waals surface area contributed by atoms with Crippen molar-refractivity contribution in [2.45, 2.75) is 37.5 Å². The van der Waals surface area contributed by atoms with Gasteiger partial charge >= 0.3 is 5.97 Å². The zero-order valence-electron chi connectivity index (χ0n) is 15.3. The summed E-state index contributed by atoms with van der Waals surface area (Å²) in [5.41, 5.74) is 0.857. The molecule has 1 aromatic carbocycles. The Hall–Kier alpha value is -2.30. The Morgan fingerprint density at radius 2 is 1.82 bits per heavy atom. The topological polar surface area (TPSA) is 117 Å². The van der Waals surface area contributed by atoms with Gasteiger partial charge in [-0.15, -0.1) is 11.3 Å². The van der Waals surface area contributed by atoms with E-state index in [1.165, 1.54) is 28.6 Å². The number of hydrogen-bond acceptors (Lipinski definition) is 6. The van der Waals surface area contributed by atoms with Crippen LogP contribution in [0.25, 0.3) is 0 Å². The molecule has 1 aliphatic rings. The van der Waals surface area contributed by atoms with Gasteiger partial charge in [0.1, 0.15) is 0 Å². The number of rotatable bonds is 6. The first-order valence-corrected chi connectivity index (χ1v) is 11.1. The van der Waals surface area contributed by atoms with Crippen LogP contribution in [0.3, 0.4) is 0 Å². The molecule has 1 aromatic heterocycles. The van der Waals surface area contributed by atoms with Gasteiger partial charge in [-0.05, 0) is 44.0 Å². The molecular formula is C18H21N3O5S2. The number of nitrogens with one attached hydrogen (secondary N) is 1. The van der Waals surface area contributed by atoms with Crippen LogP contribution in [-0.2, 0) is 21.2 Å². The minimum atomic E-state index is -3.54. The molecule has 0 radical (unpaired) electrons. The van der Waals surface area contributed by atoms with E-state index in [0.717, 1.165) is 30.6 Å². The van der Waals surface area contributed by atoms with Crippen LogP contribution in [0.5, 0.6) is 0 Å². The summed E-state index contributed by atoms with van der Waals surface area (Å²) >= 11 is 1.11. The van der Waals surface area contributed by atoms with E-state index in [-0.39, 0.29) is 11.3 Å². The molecule has 0 atom stereocenters. The SMILES string of the molecule is Cc1nc(NC(=O)c2ccc(S(=O)(=O)N3CCCCC3)cc2)sc1CC(=O)O. The van der Waals surface area contributed by atoms with Crippen LogP contribution >= 0.6 is 11.3 Å². The minimum absolute atomic E-state index is 0.150. The monoisotopic (exact) mass is 423 g/mol. The number of nitrogens with zero attached hydrogens (tertiary/aromatic N) is 2. The summed E-state index contributed by atoms with van der Waals surface area (Å²) in [5.74, 6) is -1.40. The molecule has 0 unspecified atom stereocenters. The number of aromatic nitrogens is 1. The highest BCUT2D eigenvalue weighted by molar-refractivity contribution is 7.89. The Labute approximate surface area is 167 Å². The van der Waals surface area contributed by atoms with Gasteiger partial charge in [-0.25, -0.2) is 13.4 Å². The molecule has 0 spiro atoms. The Balaban J connectivity index is 1.71. The van der Waals surface area contributed by atoms with Gasteiger partial charge < -0.3 is 5.11 Å². The summed E-state index contributed by atoms with van der Waals surface area (Å²) < 4.78 is 26.8. The van der Waals surface area contributed by atoms with Crippen molar-refractivity contribution in [1.82, 2.24) is 9.29 Å². The third-order valence-electron chi connectivity index (χ3n) is 4.49. The Kier molecular flexibility index (Phi) is 6.11. The number of carbonyl (C=O) groups excluding carboxylic acids is 1. The van der Waals surface area contributed by atoms with Crippen LogP contribution in [0, 0.1) is 6.92 Å². The van der Waals surface area contributed by atoms with Crippen molar-refractivity contribution in [1.29, 1.82) is 0 Å². The Bertz CT molecular complexity index is 977. The molecule has 1 aliphatic heterocycles. The van der Waals surface area contributed by atoms with Crippen molar-refractivity contribution in [2.24, 2.45) is 0 Å². The van der Waals surface area contributed by atoms with Gasteiger partial charge in [0.05, 0.1) is 17.0 Å². The van der Waals surface area contributed by atoms with E-state index in [1.807, 2.05) is 0 Å². The minimum Gasteiger partial charge on any atom is -0.481 e. The van der Waals surface area contributed by atoms with Crippen molar-refractivity contribution in [2.75, 3.05) is 18.4 Å². The molecule has 0 aliphatic carbocycles. The Morgan fingerprint density at radius 3 is 2.43 bits per heavy atom. The number of aryl methyl sites for hydroxylation is 1. The predicted molar refractivity (Wildman–Crippen MR) is 105 cm³/mol. The first kappa shape index (κ1) is 20.4. The van der Waals surface area contributed by atoms with Crippen molar-refractivity contribution < 1.29 is 23.1 Å². The lowest BCUT2D eigenvalue weighted by Crippen LogP contribution is -2.35. The maximum atomic E-state index is 12.7. The van der Waals surface area contributed by atoms with E-state index < -0.39 is 21.9 Å². The number of benzene rings is 1. The van der Waals surface area contributed by atoms with Gasteiger partial charge in [0.2, 0.25) is 10.0 Å². The molecule has 28 heavy (non-hydrogen) atoms. The second kappa shape index (κ2) is 8.38. The summed E-state index contributed by atoms with van der Waals surface area (Å²) in [6, 6.07) is 5.79. The number of carboxylic acid groups (broad SMARTS) is 1. The third-order valence-corrected chi connectivity index (χ3v) is 7.48. The molecule has 8 nitrogen and oxygen atoms in total. The van der Waals surface area contributed by atoms with Crippen molar-refractivity contribution in [3.8, 4) is 0 Å². The first-order valence-electron chi connectivity index (χ1n) is 8.87. The highest BCUT2D eigenvalue weighted by Crippen LogP contribution is 2.24. The number of hydrogen-bond donors (Lipinski definition) is 2. The van der Waals surface area contributed by atoms with E-state index in [9.17, 15) is 18.0 Å². The molecule has 150 valence electrons. The Morgan fingerprint density at radius 1 is 1.18 bits per heavy atom. The average molecular weight is 424 g/mol. The summed E-state index contributed by atoms with van der Waals surface area (Å²) in [4.78, 5) is 28.1. The van der Waals surface area contributed by atoms with Crippen LogP contribution in [0.15, 0.2) is 29.2 Å². The standard InChI is InChI=1S/C18H21N3O5S2/c1-12-15(11-16(22)23)27-18(19-12)20-17(24)13-5-7-14(8-6-13)28(25,26)21-9-3-2-4-10-21/h5-8H,2-4,9-11H2,1H3,(H,22,23)(H,19,20,24). The second-order valence-corrected chi connectivity index (χ2v) is 9.56. The smallest absolute Gasteiger partial charge is 0.308 e. The second-order valence-electron chi connectivity index (χ2n) is 6.54. The van der Waals surface area contributed by atoms with Crippen molar-refractivity contribution >= 4 is 38.4 Å². The highest BCUT2D eigenvalue weighted by Gasteiger charge is 2.26. The summed E-state index contributed by atoms with van der Waals surface area (Å²) in [6.07, 6.45) is 2.60. The number of thiazole rings is 1. The van der Waals surface area contributed by atoms with Crippen molar-refractivity contribution in [3.63, 3.8) is 0 Å². The predicted octanol–water partition coefficient (Wildman–Crippen LogP) is 2.51. The van der Waals surface area contributed by atoms with Gasteiger partial charge in [-0.3, -0.25) is 14.9 Å². The number of carbonyl (C=O) groups is 2. The third kappa shape index (κ3) is 4.57. The molecule has 2 aromatic rings. The average Bonchev–Trinajstić information content (AvgIpc) is 3.00. The summed E-state index contributed by atoms with van der Waals surface area (Å²) in [5, 5.41) is 11.8. The largest absolute Gasteiger partial charge is 0.481 e. The molecule has 2 N–H and O–H groups in total. The normalized spacial score (nSPS) is 15.3. The zero-order chi connectivity index (χ0) is 20.3. The van der Waals surface area contributed by atoms with Crippen LogP contribution in [-0.4, -0.2) is 47.8 Å². The molecule has 1 amide bonds. The first-order chi connectivity index (χ1) is 13.3. The lowest BCUT2D eigenvalue weighted by Gasteiger charge is -2.25. The van der Waals surface area contributed by atoms with Gasteiger partial charge in [0, 0.05) is 23.5 Å². The molecule has 10 heteroatoms. The summed E-state index contributed by atoms with van der Waals surface area (Å²) in [7, 11) is -3.54. The van der Waals surface area contributed by atoms with Gasteiger partial charge in [-0.1, -0.05) is 6.42 Å². The van der Waals surface area contributed by atoms with Gasteiger partial charge in [-0.2, -0.15) is 4.31 Å². The fraction of sp³-hybridized carbons (Fsp3) is 0.389. The molecule has 2 heterocycles. The van der Waals surface area contributed by atoms with Gasteiger partial charge in [0.25, 0.3) is 5.91 Å². The fourth-order valence-corrected chi connectivity index (χ4v) is 5.45. The number of carboxylic acids is 1. The van der Waals surface area contributed by atoms with Gasteiger partial charge in [0.15, 0.2) is 5.13 Å². The van der Waals surface area contributed by atoms with E-state index in [4.69, 9.17) is 5.11 Å².